The minimum Gasteiger partial charge on any atom is -0.365 e. The Balaban J connectivity index is 1.85. The molecule has 0 spiro atoms. The Bertz CT molecular complexity index is 1000. The second-order valence-corrected chi connectivity index (χ2v) is 6.03. The summed E-state index contributed by atoms with van der Waals surface area (Å²) in [6, 6.07) is 13.8. The van der Waals surface area contributed by atoms with Gasteiger partial charge < -0.3 is 5.73 Å². The van der Waals surface area contributed by atoms with Crippen molar-refractivity contribution in [2.45, 2.75) is 13.3 Å². The molecule has 3 aromatic rings. The molecule has 3 N–H and O–H groups in total. The first-order chi connectivity index (χ1) is 12.9. The third-order valence-electron chi connectivity index (χ3n) is 4.01. The number of aromatic nitrogens is 2. The number of aliphatic imine (C=N–C) groups is 1. The molecule has 0 saturated carbocycles. The number of rotatable bonds is 6. The van der Waals surface area contributed by atoms with Crippen LogP contribution in [0.3, 0.4) is 0 Å². The van der Waals surface area contributed by atoms with Crippen LogP contribution in [0.1, 0.15) is 32.7 Å². The number of aryl methyl sites for hydroxylation is 1. The highest BCUT2D eigenvalue weighted by atomic mass is 16.6. The molecule has 1 amide bonds. The van der Waals surface area contributed by atoms with E-state index in [1.807, 2.05) is 31.2 Å². The number of nitro groups is 1. The number of nitrogens with zero attached hydrogens (tertiary/aromatic N) is 3. The number of carbonyl (C=O) groups is 1. The Hall–Kier alpha value is -3.81. The first kappa shape index (κ1) is 18.0. The van der Waals surface area contributed by atoms with Crippen molar-refractivity contribution in [3.05, 3.63) is 86.6 Å². The summed E-state index contributed by atoms with van der Waals surface area (Å²) >= 11 is 0. The molecule has 0 bridgehead atoms. The molecular weight excluding hydrogens is 346 g/mol. The van der Waals surface area contributed by atoms with Crippen molar-refractivity contribution in [2.24, 2.45) is 10.7 Å². The number of H-pyrrole nitrogens is 1. The molecule has 0 aliphatic carbocycles. The minimum absolute atomic E-state index is 0.00173. The molecule has 27 heavy (non-hydrogen) atoms. The number of primary amides is 1. The van der Waals surface area contributed by atoms with Crippen LogP contribution < -0.4 is 5.73 Å². The lowest BCUT2D eigenvalue weighted by molar-refractivity contribution is -0.384. The molecule has 0 atom stereocenters. The normalized spacial score (nSPS) is 11.0. The van der Waals surface area contributed by atoms with Crippen molar-refractivity contribution in [3.8, 4) is 0 Å². The van der Waals surface area contributed by atoms with Crippen molar-refractivity contribution in [2.75, 3.05) is 0 Å². The number of non-ortho nitro benzene ring substituents is 1. The Morgan fingerprint density at radius 1 is 1.22 bits per heavy atom. The molecule has 0 unspecified atom stereocenters. The highest BCUT2D eigenvalue weighted by Crippen LogP contribution is 2.22. The average molecular weight is 363 g/mol. The summed E-state index contributed by atoms with van der Waals surface area (Å²) in [5, 5.41) is 17.6. The third-order valence-corrected chi connectivity index (χ3v) is 4.01. The number of nitro benzene ring substituents is 1. The summed E-state index contributed by atoms with van der Waals surface area (Å²) in [6.45, 7) is 1.99. The molecule has 3 rings (SSSR count). The number of nitrogens with two attached hydrogens (primary N) is 1. The van der Waals surface area contributed by atoms with Crippen LogP contribution in [0.5, 0.6) is 0 Å². The van der Waals surface area contributed by atoms with Gasteiger partial charge in [0.1, 0.15) is 5.56 Å². The molecule has 0 fully saturated rings. The lowest BCUT2D eigenvalue weighted by Crippen LogP contribution is -2.13. The average Bonchev–Trinajstić information content (AvgIpc) is 3.04. The van der Waals surface area contributed by atoms with E-state index in [9.17, 15) is 14.9 Å². The molecule has 8 heteroatoms. The lowest BCUT2D eigenvalue weighted by atomic mass is 10.1. The van der Waals surface area contributed by atoms with Crippen molar-refractivity contribution in [3.63, 3.8) is 0 Å². The maximum Gasteiger partial charge on any atom is 0.269 e. The minimum atomic E-state index is -0.642. The van der Waals surface area contributed by atoms with Gasteiger partial charge in [0.25, 0.3) is 11.6 Å². The number of aromatic amines is 1. The van der Waals surface area contributed by atoms with Crippen LogP contribution in [0.2, 0.25) is 0 Å². The number of hydrogen-bond donors (Lipinski definition) is 2. The largest absolute Gasteiger partial charge is 0.365 e. The van der Waals surface area contributed by atoms with Crippen LogP contribution in [-0.2, 0) is 6.42 Å². The standard InChI is InChI=1S/C19H17N5O3/c1-12-2-4-14(5-3-12)11-21-19-17(18(20)25)16(22-23-19)10-13-6-8-15(9-7-13)24(26)27/h2-9,11H,10H2,1H3,(H2,20,25)(H,22,23). The molecule has 0 aliphatic heterocycles. The second kappa shape index (κ2) is 7.61. The predicted molar refractivity (Wildman–Crippen MR) is 101 cm³/mol. The monoisotopic (exact) mass is 363 g/mol. The summed E-state index contributed by atoms with van der Waals surface area (Å²) in [5.74, 6) is -0.434. The maximum atomic E-state index is 11.9. The van der Waals surface area contributed by atoms with Gasteiger partial charge in [0.2, 0.25) is 0 Å². The van der Waals surface area contributed by atoms with E-state index in [0.29, 0.717) is 12.1 Å². The summed E-state index contributed by atoms with van der Waals surface area (Å²) in [7, 11) is 0. The van der Waals surface area contributed by atoms with E-state index >= 15 is 0 Å². The summed E-state index contributed by atoms with van der Waals surface area (Å²) in [4.78, 5) is 26.4. The molecular formula is C19H17N5O3. The van der Waals surface area contributed by atoms with Gasteiger partial charge in [0, 0.05) is 24.8 Å². The maximum absolute atomic E-state index is 11.9. The zero-order valence-electron chi connectivity index (χ0n) is 14.5. The highest BCUT2D eigenvalue weighted by molar-refractivity contribution is 5.99. The molecule has 0 radical (unpaired) electrons. The van der Waals surface area contributed by atoms with E-state index in [-0.39, 0.29) is 17.1 Å². The Morgan fingerprint density at radius 2 is 1.89 bits per heavy atom. The first-order valence-electron chi connectivity index (χ1n) is 8.15. The molecule has 0 aliphatic rings. The van der Waals surface area contributed by atoms with Crippen LogP contribution >= 0.6 is 0 Å². The van der Waals surface area contributed by atoms with E-state index in [0.717, 1.165) is 16.7 Å². The fourth-order valence-electron chi connectivity index (χ4n) is 2.58. The van der Waals surface area contributed by atoms with Gasteiger partial charge >= 0.3 is 0 Å². The fourth-order valence-corrected chi connectivity index (χ4v) is 2.58. The smallest absolute Gasteiger partial charge is 0.269 e. The number of nitrogens with one attached hydrogen (secondary N) is 1. The van der Waals surface area contributed by atoms with Crippen LogP contribution in [0.25, 0.3) is 0 Å². The van der Waals surface area contributed by atoms with E-state index in [2.05, 4.69) is 15.2 Å². The van der Waals surface area contributed by atoms with Gasteiger partial charge in [-0.3, -0.25) is 20.0 Å². The van der Waals surface area contributed by atoms with Gasteiger partial charge in [-0.15, -0.1) is 0 Å². The number of hydrogen-bond acceptors (Lipinski definition) is 5. The van der Waals surface area contributed by atoms with Gasteiger partial charge in [0.05, 0.1) is 10.6 Å². The van der Waals surface area contributed by atoms with Gasteiger partial charge in [-0.25, -0.2) is 4.99 Å². The number of amides is 1. The van der Waals surface area contributed by atoms with Crippen LogP contribution in [-0.4, -0.2) is 27.2 Å². The molecule has 1 heterocycles. The van der Waals surface area contributed by atoms with Crippen molar-refractivity contribution in [1.29, 1.82) is 0 Å². The Morgan fingerprint density at radius 3 is 2.48 bits per heavy atom. The van der Waals surface area contributed by atoms with E-state index in [1.165, 1.54) is 12.1 Å². The third kappa shape index (κ3) is 4.24. The van der Waals surface area contributed by atoms with E-state index in [1.54, 1.807) is 18.3 Å². The zero-order valence-corrected chi connectivity index (χ0v) is 14.5. The van der Waals surface area contributed by atoms with Gasteiger partial charge in [-0.05, 0) is 18.1 Å². The van der Waals surface area contributed by atoms with Crippen molar-refractivity contribution < 1.29 is 9.72 Å². The number of carbonyl (C=O) groups excluding carboxylic acids is 1. The highest BCUT2D eigenvalue weighted by Gasteiger charge is 2.18. The van der Waals surface area contributed by atoms with Crippen LogP contribution in [0, 0.1) is 17.0 Å². The summed E-state index contributed by atoms with van der Waals surface area (Å²) in [6.07, 6.45) is 1.93. The van der Waals surface area contributed by atoms with Crippen molar-refractivity contribution >= 4 is 23.6 Å². The van der Waals surface area contributed by atoms with E-state index in [4.69, 9.17) is 5.73 Å². The predicted octanol–water partition coefficient (Wildman–Crippen LogP) is 3.07. The molecule has 0 saturated heterocycles. The van der Waals surface area contributed by atoms with Crippen molar-refractivity contribution in [1.82, 2.24) is 10.2 Å². The number of benzene rings is 2. The topological polar surface area (TPSA) is 127 Å². The molecule has 136 valence electrons. The SMILES string of the molecule is Cc1ccc(C=Nc2n[nH]c(Cc3ccc([N+](=O)[O-])cc3)c2C(N)=O)cc1. The molecule has 2 aromatic carbocycles. The molecule has 1 aromatic heterocycles. The quantitative estimate of drug-likeness (QED) is 0.396. The van der Waals surface area contributed by atoms with Gasteiger partial charge in [0.15, 0.2) is 5.82 Å². The van der Waals surface area contributed by atoms with E-state index < -0.39 is 10.8 Å². The first-order valence-corrected chi connectivity index (χ1v) is 8.15. The Kier molecular flexibility index (Phi) is 5.07. The van der Waals surface area contributed by atoms with Gasteiger partial charge in [-0.1, -0.05) is 42.0 Å². The fraction of sp³-hybridized carbons (Fsp3) is 0.105. The van der Waals surface area contributed by atoms with Gasteiger partial charge in [-0.2, -0.15) is 5.10 Å². The summed E-state index contributed by atoms with van der Waals surface area (Å²) in [5.41, 5.74) is 9.00. The van der Waals surface area contributed by atoms with Crippen LogP contribution in [0.4, 0.5) is 11.5 Å². The summed E-state index contributed by atoms with van der Waals surface area (Å²) < 4.78 is 0. The van der Waals surface area contributed by atoms with Crippen LogP contribution in [0.15, 0.2) is 53.5 Å². The zero-order chi connectivity index (χ0) is 19.4. The Labute approximate surface area is 154 Å². The second-order valence-electron chi connectivity index (χ2n) is 6.03. The molecule has 8 nitrogen and oxygen atoms in total. The lowest BCUT2D eigenvalue weighted by Gasteiger charge is -2.01.